The van der Waals surface area contributed by atoms with E-state index in [9.17, 15) is 4.79 Å². The topological polar surface area (TPSA) is 39.2 Å². The Labute approximate surface area is 122 Å². The minimum absolute atomic E-state index is 0.212. The highest BCUT2D eigenvalue weighted by Gasteiger charge is 2.24. The van der Waals surface area contributed by atoms with Crippen LogP contribution in [0.1, 0.15) is 33.5 Å². The van der Waals surface area contributed by atoms with Crippen molar-refractivity contribution in [1.29, 1.82) is 0 Å². The second-order valence-corrected chi connectivity index (χ2v) is 6.25. The largest absolute Gasteiger partial charge is 0.469 e. The molecule has 0 fully saturated rings. The Morgan fingerprint density at radius 1 is 1.40 bits per heavy atom. The van der Waals surface area contributed by atoms with Gasteiger partial charge >= 0.3 is 5.97 Å². The summed E-state index contributed by atoms with van der Waals surface area (Å²) in [5.74, 6) is 0.367. The lowest BCUT2D eigenvalue weighted by Gasteiger charge is -2.21. The number of methoxy groups -OCH3 is 1. The molecule has 0 radical (unpaired) electrons. The van der Waals surface area contributed by atoms with E-state index < -0.39 is 0 Å². The quantitative estimate of drug-likeness (QED) is 0.814. The molecule has 104 valence electrons. The number of aromatic nitrogens is 1. The molecule has 1 atom stereocenters. The number of carbonyl (C=O) groups excluding carboxylic acids is 1. The predicted molar refractivity (Wildman–Crippen MR) is 79.0 cm³/mol. The first-order valence-electron chi connectivity index (χ1n) is 6.85. The summed E-state index contributed by atoms with van der Waals surface area (Å²) in [4.78, 5) is 17.2. The van der Waals surface area contributed by atoms with Gasteiger partial charge in [0.25, 0.3) is 0 Å². The molecule has 1 unspecified atom stereocenters. The van der Waals surface area contributed by atoms with Gasteiger partial charge in [-0.3, -0.25) is 4.79 Å². The molecule has 0 spiro atoms. The summed E-state index contributed by atoms with van der Waals surface area (Å²) in [5, 5.41) is 0.885. The Bertz CT molecular complexity index is 606. The van der Waals surface area contributed by atoms with Crippen molar-refractivity contribution in [2.45, 2.75) is 31.6 Å². The molecule has 1 aliphatic rings. The van der Waals surface area contributed by atoms with Gasteiger partial charge in [0, 0.05) is 4.88 Å². The van der Waals surface area contributed by atoms with Crippen LogP contribution in [0, 0.1) is 0 Å². The van der Waals surface area contributed by atoms with Crippen molar-refractivity contribution in [3.05, 3.63) is 51.5 Å². The fourth-order valence-corrected chi connectivity index (χ4v) is 3.89. The molecule has 1 aliphatic carbocycles. The molecule has 3 rings (SSSR count). The van der Waals surface area contributed by atoms with Gasteiger partial charge in [0.1, 0.15) is 5.01 Å². The second kappa shape index (κ2) is 5.75. The number of fused-ring (bicyclic) bond motifs is 1. The monoisotopic (exact) mass is 287 g/mol. The van der Waals surface area contributed by atoms with Gasteiger partial charge in [0.2, 0.25) is 0 Å². The molecule has 4 heteroatoms. The standard InChI is InChI=1S/C16H17NO2S/c1-19-16(18)10-15-17-13-8-7-12(9-14(13)20-15)11-5-3-2-4-6-11/h2-6,12H,7-10H2,1H3. The minimum Gasteiger partial charge on any atom is -0.469 e. The lowest BCUT2D eigenvalue weighted by atomic mass is 9.85. The zero-order chi connectivity index (χ0) is 13.9. The molecular formula is C16H17NO2S. The maximum atomic E-state index is 11.3. The Kier molecular flexibility index (Phi) is 3.83. The van der Waals surface area contributed by atoms with E-state index in [-0.39, 0.29) is 5.97 Å². The zero-order valence-electron chi connectivity index (χ0n) is 11.5. The van der Waals surface area contributed by atoms with Crippen LogP contribution >= 0.6 is 11.3 Å². The number of nitrogens with zero attached hydrogens (tertiary/aromatic N) is 1. The van der Waals surface area contributed by atoms with E-state index in [1.807, 2.05) is 0 Å². The molecule has 1 heterocycles. The van der Waals surface area contributed by atoms with E-state index in [0.29, 0.717) is 12.3 Å². The Morgan fingerprint density at radius 3 is 2.95 bits per heavy atom. The molecule has 20 heavy (non-hydrogen) atoms. The SMILES string of the molecule is COC(=O)Cc1nc2c(s1)CC(c1ccccc1)CC2. The number of ether oxygens (including phenoxy) is 1. The van der Waals surface area contributed by atoms with Crippen molar-refractivity contribution in [2.75, 3.05) is 7.11 Å². The van der Waals surface area contributed by atoms with Crippen LogP contribution < -0.4 is 0 Å². The predicted octanol–water partition coefficient (Wildman–Crippen LogP) is 3.13. The summed E-state index contributed by atoms with van der Waals surface area (Å²) >= 11 is 1.67. The molecule has 1 aromatic heterocycles. The lowest BCUT2D eigenvalue weighted by Crippen LogP contribution is -2.11. The van der Waals surface area contributed by atoms with Crippen molar-refractivity contribution in [3.63, 3.8) is 0 Å². The summed E-state index contributed by atoms with van der Waals surface area (Å²) in [6.07, 6.45) is 3.48. The van der Waals surface area contributed by atoms with Crippen LogP contribution in [0.3, 0.4) is 0 Å². The first-order valence-corrected chi connectivity index (χ1v) is 7.67. The average Bonchev–Trinajstić information content (AvgIpc) is 2.89. The number of benzene rings is 1. The van der Waals surface area contributed by atoms with E-state index in [2.05, 4.69) is 35.3 Å². The van der Waals surface area contributed by atoms with Gasteiger partial charge in [-0.15, -0.1) is 11.3 Å². The maximum Gasteiger partial charge on any atom is 0.312 e. The van der Waals surface area contributed by atoms with Crippen LogP contribution in [0.25, 0.3) is 0 Å². The van der Waals surface area contributed by atoms with Crippen molar-refractivity contribution < 1.29 is 9.53 Å². The highest BCUT2D eigenvalue weighted by Crippen LogP contribution is 2.35. The molecule has 0 amide bonds. The average molecular weight is 287 g/mol. The normalized spacial score (nSPS) is 17.6. The van der Waals surface area contributed by atoms with E-state index in [4.69, 9.17) is 4.74 Å². The van der Waals surface area contributed by atoms with Crippen LogP contribution in [-0.4, -0.2) is 18.1 Å². The van der Waals surface area contributed by atoms with E-state index in [1.54, 1.807) is 11.3 Å². The van der Waals surface area contributed by atoms with Gasteiger partial charge in [0.05, 0.1) is 19.2 Å². The molecule has 0 saturated heterocycles. The molecule has 0 N–H and O–H groups in total. The summed E-state index contributed by atoms with van der Waals surface area (Å²) in [7, 11) is 1.42. The number of hydrogen-bond acceptors (Lipinski definition) is 4. The number of carbonyl (C=O) groups is 1. The van der Waals surface area contributed by atoms with Crippen molar-refractivity contribution in [2.24, 2.45) is 0 Å². The van der Waals surface area contributed by atoms with Crippen LogP contribution in [0.2, 0.25) is 0 Å². The highest BCUT2D eigenvalue weighted by molar-refractivity contribution is 7.11. The second-order valence-electron chi connectivity index (χ2n) is 5.08. The molecule has 0 saturated carbocycles. The zero-order valence-corrected chi connectivity index (χ0v) is 12.3. The first kappa shape index (κ1) is 13.3. The smallest absolute Gasteiger partial charge is 0.312 e. The van der Waals surface area contributed by atoms with E-state index in [1.165, 1.54) is 23.2 Å². The third kappa shape index (κ3) is 2.75. The van der Waals surface area contributed by atoms with E-state index in [0.717, 1.165) is 24.3 Å². The van der Waals surface area contributed by atoms with Gasteiger partial charge < -0.3 is 4.74 Å². The van der Waals surface area contributed by atoms with Crippen LogP contribution in [0.5, 0.6) is 0 Å². The third-order valence-corrected chi connectivity index (χ3v) is 4.90. The van der Waals surface area contributed by atoms with Crippen molar-refractivity contribution >= 4 is 17.3 Å². The van der Waals surface area contributed by atoms with Gasteiger partial charge in [-0.05, 0) is 30.7 Å². The number of aryl methyl sites for hydroxylation is 1. The summed E-state index contributed by atoms with van der Waals surface area (Å²) in [6.45, 7) is 0. The van der Waals surface area contributed by atoms with Crippen LogP contribution in [0.4, 0.5) is 0 Å². The number of thiazole rings is 1. The summed E-state index contributed by atoms with van der Waals surface area (Å²) in [6, 6.07) is 10.7. The molecule has 2 aromatic rings. The van der Waals surface area contributed by atoms with Crippen LogP contribution in [0.15, 0.2) is 30.3 Å². The molecule has 1 aromatic carbocycles. The van der Waals surface area contributed by atoms with E-state index >= 15 is 0 Å². The number of rotatable bonds is 3. The van der Waals surface area contributed by atoms with Crippen LogP contribution in [-0.2, 0) is 28.8 Å². The fraction of sp³-hybridized carbons (Fsp3) is 0.375. The van der Waals surface area contributed by atoms with Gasteiger partial charge in [-0.1, -0.05) is 30.3 Å². The lowest BCUT2D eigenvalue weighted by molar-refractivity contribution is -0.139. The summed E-state index contributed by atoms with van der Waals surface area (Å²) in [5.41, 5.74) is 2.59. The molecular weight excluding hydrogens is 270 g/mol. The third-order valence-electron chi connectivity index (χ3n) is 3.78. The first-order chi connectivity index (χ1) is 9.76. The maximum absolute atomic E-state index is 11.3. The summed E-state index contributed by atoms with van der Waals surface area (Å²) < 4.78 is 4.70. The Balaban J connectivity index is 1.76. The molecule has 3 nitrogen and oxygen atoms in total. The van der Waals surface area contributed by atoms with Gasteiger partial charge in [-0.2, -0.15) is 0 Å². The highest BCUT2D eigenvalue weighted by atomic mass is 32.1. The van der Waals surface area contributed by atoms with Gasteiger partial charge in [-0.25, -0.2) is 4.98 Å². The molecule has 0 aliphatic heterocycles. The Morgan fingerprint density at radius 2 is 2.20 bits per heavy atom. The number of esters is 1. The van der Waals surface area contributed by atoms with Crippen molar-refractivity contribution in [3.8, 4) is 0 Å². The van der Waals surface area contributed by atoms with Gasteiger partial charge in [0.15, 0.2) is 0 Å². The fourth-order valence-electron chi connectivity index (χ4n) is 2.71. The number of hydrogen-bond donors (Lipinski definition) is 0. The molecule has 0 bridgehead atoms. The minimum atomic E-state index is -0.212. The Hall–Kier alpha value is -1.68. The van der Waals surface area contributed by atoms with Crippen molar-refractivity contribution in [1.82, 2.24) is 4.98 Å².